The fourth-order valence-electron chi connectivity index (χ4n) is 1.76. The number of amides is 1. The number of anilines is 1. The molecule has 2 heterocycles. The summed E-state index contributed by atoms with van der Waals surface area (Å²) in [4.78, 5) is 11.9. The van der Waals surface area contributed by atoms with E-state index in [0.29, 0.717) is 17.0 Å². The molecule has 0 aliphatic carbocycles. The Bertz CT molecular complexity index is 817. The van der Waals surface area contributed by atoms with E-state index in [1.165, 1.54) is 12.3 Å². The first-order valence-corrected chi connectivity index (χ1v) is 7.66. The second-order valence-electron chi connectivity index (χ2n) is 4.65. The molecule has 0 bridgehead atoms. The van der Waals surface area contributed by atoms with E-state index in [-0.39, 0.29) is 28.6 Å². The molecule has 0 aliphatic rings. The van der Waals surface area contributed by atoms with Crippen LogP contribution in [0.3, 0.4) is 0 Å². The lowest BCUT2D eigenvalue weighted by Gasteiger charge is -2.05. The summed E-state index contributed by atoms with van der Waals surface area (Å²) >= 11 is 1.09. The largest absolute Gasteiger partial charge is 0.459 e. The molecule has 0 aliphatic heterocycles. The predicted octanol–water partition coefficient (Wildman–Crippen LogP) is 3.51. The lowest BCUT2D eigenvalue weighted by Crippen LogP contribution is -2.14. The van der Waals surface area contributed by atoms with Crippen molar-refractivity contribution in [2.45, 2.75) is 12.1 Å². The van der Waals surface area contributed by atoms with Gasteiger partial charge in [0.15, 0.2) is 5.76 Å². The van der Waals surface area contributed by atoms with Crippen LogP contribution < -0.4 is 5.32 Å². The summed E-state index contributed by atoms with van der Waals surface area (Å²) in [6.07, 6.45) is 1.50. The smallest absolute Gasteiger partial charge is 0.284 e. The number of thioether (sulfide) groups is 1. The normalized spacial score (nSPS) is 10.7. The van der Waals surface area contributed by atoms with Gasteiger partial charge in [-0.1, -0.05) is 17.8 Å². The summed E-state index contributed by atoms with van der Waals surface area (Å²) in [5.74, 6) is 0.115. The van der Waals surface area contributed by atoms with Gasteiger partial charge in [-0.15, -0.1) is 10.2 Å². The lowest BCUT2D eigenvalue weighted by molar-refractivity contribution is -0.113. The zero-order valence-electron chi connectivity index (χ0n) is 12.1. The number of furan rings is 1. The Kier molecular flexibility index (Phi) is 4.42. The fourth-order valence-corrected chi connectivity index (χ4v) is 2.33. The maximum absolute atomic E-state index is 13.4. The third kappa shape index (κ3) is 3.78. The summed E-state index contributed by atoms with van der Waals surface area (Å²) in [6.45, 7) is 1.66. The van der Waals surface area contributed by atoms with Crippen LogP contribution in [-0.4, -0.2) is 21.9 Å². The zero-order chi connectivity index (χ0) is 16.2. The lowest BCUT2D eigenvalue weighted by atomic mass is 10.2. The average molecular weight is 333 g/mol. The minimum Gasteiger partial charge on any atom is -0.459 e. The standard InChI is InChI=1S/C15H12FN3O3S/c1-9-4-5-10(7-11(9)16)17-13(20)8-23-15-19-18-14(22-15)12-3-2-6-21-12/h2-7H,8H2,1H3,(H,17,20). The van der Waals surface area contributed by atoms with E-state index in [0.717, 1.165) is 11.8 Å². The molecule has 0 saturated heterocycles. The van der Waals surface area contributed by atoms with Gasteiger partial charge in [0.2, 0.25) is 5.91 Å². The molecular weight excluding hydrogens is 321 g/mol. The average Bonchev–Trinajstić information content (AvgIpc) is 3.19. The highest BCUT2D eigenvalue weighted by atomic mass is 32.2. The monoisotopic (exact) mass is 333 g/mol. The molecule has 0 radical (unpaired) electrons. The maximum Gasteiger partial charge on any atom is 0.284 e. The number of aryl methyl sites for hydroxylation is 1. The van der Waals surface area contributed by atoms with Crippen LogP contribution in [0.1, 0.15) is 5.56 Å². The number of carbonyl (C=O) groups excluding carboxylic acids is 1. The topological polar surface area (TPSA) is 81.2 Å². The first kappa shape index (κ1) is 15.3. The van der Waals surface area contributed by atoms with Crippen molar-refractivity contribution in [3.8, 4) is 11.7 Å². The van der Waals surface area contributed by atoms with Gasteiger partial charge in [0, 0.05) is 5.69 Å². The number of hydrogen-bond acceptors (Lipinski definition) is 6. The van der Waals surface area contributed by atoms with Crippen molar-refractivity contribution in [2.24, 2.45) is 0 Å². The molecule has 2 aromatic heterocycles. The fraction of sp³-hybridized carbons (Fsp3) is 0.133. The Balaban J connectivity index is 1.55. The van der Waals surface area contributed by atoms with Gasteiger partial charge in [-0.3, -0.25) is 4.79 Å². The van der Waals surface area contributed by atoms with Crippen LogP contribution in [0.15, 0.2) is 50.7 Å². The Morgan fingerprint density at radius 1 is 1.35 bits per heavy atom. The number of carbonyl (C=O) groups is 1. The number of aromatic nitrogens is 2. The van der Waals surface area contributed by atoms with Gasteiger partial charge in [0.05, 0.1) is 12.0 Å². The van der Waals surface area contributed by atoms with Crippen molar-refractivity contribution in [3.63, 3.8) is 0 Å². The predicted molar refractivity (Wildman–Crippen MR) is 82.5 cm³/mol. The summed E-state index contributed by atoms with van der Waals surface area (Å²) in [5.41, 5.74) is 0.925. The van der Waals surface area contributed by atoms with Crippen LogP contribution in [0, 0.1) is 12.7 Å². The summed E-state index contributed by atoms with van der Waals surface area (Å²) in [6, 6.07) is 7.93. The van der Waals surface area contributed by atoms with Crippen LogP contribution in [0.2, 0.25) is 0 Å². The molecule has 0 fully saturated rings. The highest BCUT2D eigenvalue weighted by molar-refractivity contribution is 7.99. The molecule has 0 saturated carbocycles. The van der Waals surface area contributed by atoms with E-state index in [2.05, 4.69) is 15.5 Å². The van der Waals surface area contributed by atoms with Crippen LogP contribution in [0.5, 0.6) is 0 Å². The Labute approximate surface area is 135 Å². The van der Waals surface area contributed by atoms with Gasteiger partial charge in [-0.25, -0.2) is 4.39 Å². The molecule has 0 atom stereocenters. The second-order valence-corrected chi connectivity index (χ2v) is 5.58. The Morgan fingerprint density at radius 2 is 2.22 bits per heavy atom. The minimum atomic E-state index is -0.365. The number of benzene rings is 1. The molecule has 1 aromatic carbocycles. The van der Waals surface area contributed by atoms with Gasteiger partial charge in [0.25, 0.3) is 11.1 Å². The number of hydrogen-bond donors (Lipinski definition) is 1. The van der Waals surface area contributed by atoms with Gasteiger partial charge >= 0.3 is 0 Å². The van der Waals surface area contributed by atoms with Crippen molar-refractivity contribution in [1.82, 2.24) is 10.2 Å². The van der Waals surface area contributed by atoms with Crippen molar-refractivity contribution in [2.75, 3.05) is 11.1 Å². The quantitative estimate of drug-likeness (QED) is 0.720. The zero-order valence-corrected chi connectivity index (χ0v) is 12.9. The second kappa shape index (κ2) is 6.66. The van der Waals surface area contributed by atoms with E-state index in [1.807, 2.05) is 0 Å². The van der Waals surface area contributed by atoms with Crippen LogP contribution >= 0.6 is 11.8 Å². The number of halogens is 1. The first-order chi connectivity index (χ1) is 11.1. The maximum atomic E-state index is 13.4. The molecule has 3 rings (SSSR count). The molecular formula is C15H12FN3O3S. The van der Waals surface area contributed by atoms with Gasteiger partial charge in [-0.05, 0) is 36.8 Å². The SMILES string of the molecule is Cc1ccc(NC(=O)CSc2nnc(-c3ccco3)o2)cc1F. The molecule has 8 heteroatoms. The molecule has 1 amide bonds. The van der Waals surface area contributed by atoms with Gasteiger partial charge in [0.1, 0.15) is 5.82 Å². The minimum absolute atomic E-state index is 0.0648. The number of nitrogens with zero attached hydrogens (tertiary/aromatic N) is 2. The number of nitrogens with one attached hydrogen (secondary N) is 1. The molecule has 0 unspecified atom stereocenters. The van der Waals surface area contributed by atoms with E-state index in [1.54, 1.807) is 31.2 Å². The van der Waals surface area contributed by atoms with Crippen molar-refractivity contribution >= 4 is 23.4 Å². The van der Waals surface area contributed by atoms with E-state index >= 15 is 0 Å². The van der Waals surface area contributed by atoms with Gasteiger partial charge < -0.3 is 14.2 Å². The third-order valence-electron chi connectivity index (χ3n) is 2.92. The summed E-state index contributed by atoms with van der Waals surface area (Å²) in [5, 5.41) is 10.5. The third-order valence-corrected chi connectivity index (χ3v) is 3.74. The van der Waals surface area contributed by atoms with Crippen molar-refractivity contribution in [3.05, 3.63) is 48.0 Å². The highest BCUT2D eigenvalue weighted by Gasteiger charge is 2.13. The van der Waals surface area contributed by atoms with E-state index in [4.69, 9.17) is 8.83 Å². The van der Waals surface area contributed by atoms with Crippen molar-refractivity contribution < 1.29 is 18.0 Å². The Hall–Kier alpha value is -2.61. The van der Waals surface area contributed by atoms with Crippen LogP contribution in [0.4, 0.5) is 10.1 Å². The summed E-state index contributed by atoms with van der Waals surface area (Å²) < 4.78 is 23.9. The first-order valence-electron chi connectivity index (χ1n) is 6.68. The molecule has 1 N–H and O–H groups in total. The van der Waals surface area contributed by atoms with Crippen LogP contribution in [0.25, 0.3) is 11.7 Å². The Morgan fingerprint density at radius 3 is 2.96 bits per heavy atom. The molecule has 23 heavy (non-hydrogen) atoms. The van der Waals surface area contributed by atoms with Crippen LogP contribution in [-0.2, 0) is 4.79 Å². The molecule has 118 valence electrons. The molecule has 0 spiro atoms. The molecule has 3 aromatic rings. The molecule has 6 nitrogen and oxygen atoms in total. The van der Waals surface area contributed by atoms with E-state index < -0.39 is 0 Å². The number of rotatable bonds is 5. The van der Waals surface area contributed by atoms with E-state index in [9.17, 15) is 9.18 Å². The summed E-state index contributed by atoms with van der Waals surface area (Å²) in [7, 11) is 0. The van der Waals surface area contributed by atoms with Crippen molar-refractivity contribution in [1.29, 1.82) is 0 Å². The highest BCUT2D eigenvalue weighted by Crippen LogP contribution is 2.23. The van der Waals surface area contributed by atoms with Gasteiger partial charge in [-0.2, -0.15) is 0 Å².